The van der Waals surface area contributed by atoms with E-state index in [1.807, 2.05) is 19.1 Å². The van der Waals surface area contributed by atoms with Crippen LogP contribution in [0, 0.1) is 0 Å². The van der Waals surface area contributed by atoms with Gasteiger partial charge in [-0.05, 0) is 18.9 Å². The van der Waals surface area contributed by atoms with Gasteiger partial charge in [-0.15, -0.1) is 0 Å². The van der Waals surface area contributed by atoms with Crippen LogP contribution >= 0.6 is 0 Å². The third-order valence-corrected chi connectivity index (χ3v) is 5.37. The molecule has 1 aromatic heterocycles. The van der Waals surface area contributed by atoms with Gasteiger partial charge in [0, 0.05) is 81.8 Å². The van der Waals surface area contributed by atoms with Gasteiger partial charge >= 0.3 is 0 Å². The molecule has 1 aromatic carbocycles. The van der Waals surface area contributed by atoms with Crippen molar-refractivity contribution in [2.45, 2.75) is 13.3 Å². The van der Waals surface area contributed by atoms with E-state index in [9.17, 15) is 0 Å². The first kappa shape index (κ1) is 21.0. The highest BCUT2D eigenvalue weighted by atomic mass is 16.2. The number of rotatable bonds is 7. The van der Waals surface area contributed by atoms with Crippen LogP contribution in [-0.2, 0) is 6.42 Å². The fourth-order valence-corrected chi connectivity index (χ4v) is 3.51. The molecule has 7 heteroatoms. The summed E-state index contributed by atoms with van der Waals surface area (Å²) in [6.45, 7) is 6.59. The number of aliphatic hydroxyl groups is 1. The van der Waals surface area contributed by atoms with E-state index < -0.39 is 0 Å². The zero-order chi connectivity index (χ0) is 20.6. The average Bonchev–Trinajstić information content (AvgIpc) is 2.78. The van der Waals surface area contributed by atoms with Crippen molar-refractivity contribution in [2.24, 2.45) is 10.7 Å². The van der Waals surface area contributed by atoms with Gasteiger partial charge in [-0.1, -0.05) is 24.3 Å². The van der Waals surface area contributed by atoms with Crippen LogP contribution in [0.25, 0.3) is 11.3 Å². The Balaban J connectivity index is 1.70. The summed E-state index contributed by atoms with van der Waals surface area (Å²) in [5.41, 5.74) is 10.9. The summed E-state index contributed by atoms with van der Waals surface area (Å²) >= 11 is 0. The van der Waals surface area contributed by atoms with E-state index in [1.165, 1.54) is 0 Å². The Labute approximate surface area is 172 Å². The normalized spacial score (nSPS) is 16.3. The van der Waals surface area contributed by atoms with Crippen molar-refractivity contribution in [3.8, 4) is 11.3 Å². The lowest BCUT2D eigenvalue weighted by Crippen LogP contribution is -2.47. The minimum Gasteiger partial charge on any atom is -0.404 e. The van der Waals surface area contributed by atoms with Crippen LogP contribution in [0.5, 0.6) is 0 Å². The van der Waals surface area contributed by atoms with Gasteiger partial charge in [0.25, 0.3) is 0 Å². The molecule has 2 heterocycles. The summed E-state index contributed by atoms with van der Waals surface area (Å²) in [6, 6.07) is 8.19. The summed E-state index contributed by atoms with van der Waals surface area (Å²) < 4.78 is 0. The number of hydrogen-bond donors (Lipinski definition) is 2. The molecule has 1 fully saturated rings. The maximum absolute atomic E-state index is 9.11. The molecule has 1 aliphatic heterocycles. The van der Waals surface area contributed by atoms with E-state index in [-0.39, 0.29) is 6.61 Å². The Morgan fingerprint density at radius 3 is 2.45 bits per heavy atom. The van der Waals surface area contributed by atoms with Crippen LogP contribution in [0.1, 0.15) is 12.5 Å². The van der Waals surface area contributed by atoms with Crippen molar-refractivity contribution in [3.05, 3.63) is 54.0 Å². The first-order valence-corrected chi connectivity index (χ1v) is 9.99. The van der Waals surface area contributed by atoms with Crippen molar-refractivity contribution in [1.29, 1.82) is 0 Å². The summed E-state index contributed by atoms with van der Waals surface area (Å²) in [7, 11) is 1.79. The molecule has 0 bridgehead atoms. The topological polar surface area (TPSA) is 90.9 Å². The number of benzene rings is 1. The average molecular weight is 395 g/mol. The predicted molar refractivity (Wildman–Crippen MR) is 118 cm³/mol. The molecule has 0 spiro atoms. The van der Waals surface area contributed by atoms with Crippen LogP contribution < -0.4 is 10.6 Å². The van der Waals surface area contributed by atoms with Gasteiger partial charge in [0.05, 0.1) is 0 Å². The quantitative estimate of drug-likeness (QED) is 0.695. The molecule has 3 rings (SSSR count). The molecule has 0 atom stereocenters. The second-order valence-electron chi connectivity index (χ2n) is 7.16. The molecule has 7 nitrogen and oxygen atoms in total. The summed E-state index contributed by atoms with van der Waals surface area (Å²) in [5.74, 6) is 0.919. The fourth-order valence-electron chi connectivity index (χ4n) is 3.51. The molecule has 1 saturated heterocycles. The van der Waals surface area contributed by atoms with Crippen LogP contribution in [0.15, 0.2) is 53.4 Å². The zero-order valence-corrected chi connectivity index (χ0v) is 17.3. The fraction of sp³-hybridized carbons (Fsp3) is 0.409. The van der Waals surface area contributed by atoms with Crippen LogP contribution in [0.4, 0.5) is 5.82 Å². The molecule has 29 heavy (non-hydrogen) atoms. The Bertz CT molecular complexity index is 854. The van der Waals surface area contributed by atoms with Crippen molar-refractivity contribution in [1.82, 2.24) is 14.9 Å². The number of piperazine rings is 1. The van der Waals surface area contributed by atoms with Gasteiger partial charge in [-0.2, -0.15) is 0 Å². The zero-order valence-electron chi connectivity index (χ0n) is 17.3. The molecule has 0 amide bonds. The van der Waals surface area contributed by atoms with E-state index in [0.29, 0.717) is 6.42 Å². The van der Waals surface area contributed by atoms with E-state index in [2.05, 4.69) is 36.9 Å². The van der Waals surface area contributed by atoms with Crippen LogP contribution in [-0.4, -0.2) is 72.1 Å². The second-order valence-corrected chi connectivity index (χ2v) is 7.16. The van der Waals surface area contributed by atoms with E-state index in [1.54, 1.807) is 25.6 Å². The first-order valence-electron chi connectivity index (χ1n) is 9.99. The van der Waals surface area contributed by atoms with Gasteiger partial charge in [0.15, 0.2) is 5.82 Å². The number of hydrogen-bond acceptors (Lipinski definition) is 7. The lowest BCUT2D eigenvalue weighted by molar-refractivity contribution is 0.280. The number of aromatic nitrogens is 2. The molecular weight excluding hydrogens is 364 g/mol. The molecule has 3 N–H and O–H groups in total. The van der Waals surface area contributed by atoms with Crippen molar-refractivity contribution in [2.75, 3.05) is 51.3 Å². The predicted octanol–water partition coefficient (Wildman–Crippen LogP) is 1.73. The molecule has 0 aliphatic carbocycles. The van der Waals surface area contributed by atoms with E-state index in [4.69, 9.17) is 10.8 Å². The second kappa shape index (κ2) is 10.1. The monoisotopic (exact) mass is 394 g/mol. The maximum Gasteiger partial charge on any atom is 0.155 e. The molecule has 0 saturated carbocycles. The van der Waals surface area contributed by atoms with E-state index in [0.717, 1.165) is 66.6 Å². The van der Waals surface area contributed by atoms with Crippen molar-refractivity contribution in [3.63, 3.8) is 0 Å². The Morgan fingerprint density at radius 1 is 1.14 bits per heavy atom. The Morgan fingerprint density at radius 2 is 1.83 bits per heavy atom. The molecular formula is C22H30N6O. The van der Waals surface area contributed by atoms with Gasteiger partial charge < -0.3 is 15.7 Å². The molecule has 0 radical (unpaired) electrons. The number of aliphatic imine (C=N–C) groups is 1. The number of nitrogens with two attached hydrogens (primary N) is 1. The number of nitrogens with zero attached hydrogens (tertiary/aromatic N) is 5. The summed E-state index contributed by atoms with van der Waals surface area (Å²) in [6.07, 6.45) is 5.82. The third kappa shape index (κ3) is 5.19. The first-order chi connectivity index (χ1) is 14.2. The largest absolute Gasteiger partial charge is 0.404 e. The van der Waals surface area contributed by atoms with Crippen LogP contribution in [0.3, 0.4) is 0 Å². The summed E-state index contributed by atoms with van der Waals surface area (Å²) in [5, 5.41) is 9.11. The molecule has 0 unspecified atom stereocenters. The number of aliphatic hydroxyl groups excluding tert-OH is 1. The van der Waals surface area contributed by atoms with Crippen LogP contribution in [0.2, 0.25) is 0 Å². The third-order valence-electron chi connectivity index (χ3n) is 5.37. The smallest absolute Gasteiger partial charge is 0.155 e. The maximum atomic E-state index is 9.11. The van der Waals surface area contributed by atoms with Gasteiger partial charge in [0.2, 0.25) is 0 Å². The van der Waals surface area contributed by atoms with Crippen molar-refractivity contribution < 1.29 is 5.11 Å². The lowest BCUT2D eigenvalue weighted by Gasteiger charge is -2.36. The van der Waals surface area contributed by atoms with Gasteiger partial charge in [0.1, 0.15) is 5.69 Å². The highest BCUT2D eigenvalue weighted by molar-refractivity contribution is 5.98. The SMILES string of the molecule is CN=C(C)/C(=C\N)CN1CCN(c2nccnc2-c2ccc(CCO)cc2)CC1. The molecule has 2 aromatic rings. The standard InChI is InChI=1S/C22H30N6O/c1-17(24-2)20(15-23)16-27-10-12-28(13-11-27)22-21(25-8-9-26-22)19-5-3-18(4-6-19)7-14-29/h3-6,8-9,15,29H,7,10-14,16,23H2,1-2H3/b20-15-,24-17?. The van der Waals surface area contributed by atoms with Crippen molar-refractivity contribution >= 4 is 11.5 Å². The number of anilines is 1. The lowest BCUT2D eigenvalue weighted by atomic mass is 10.1. The molecule has 154 valence electrons. The highest BCUT2D eigenvalue weighted by Gasteiger charge is 2.22. The Kier molecular flexibility index (Phi) is 7.32. The van der Waals surface area contributed by atoms with Gasteiger partial charge in [-0.3, -0.25) is 14.9 Å². The Hall–Kier alpha value is -2.77. The molecule has 1 aliphatic rings. The summed E-state index contributed by atoms with van der Waals surface area (Å²) in [4.78, 5) is 18.2. The minimum atomic E-state index is 0.157. The minimum absolute atomic E-state index is 0.157. The van der Waals surface area contributed by atoms with Gasteiger partial charge in [-0.25, -0.2) is 4.98 Å². The highest BCUT2D eigenvalue weighted by Crippen LogP contribution is 2.27. The van der Waals surface area contributed by atoms with E-state index >= 15 is 0 Å².